The molecule has 0 aliphatic rings. The van der Waals surface area contributed by atoms with Gasteiger partial charge in [0.1, 0.15) is 17.0 Å². The summed E-state index contributed by atoms with van der Waals surface area (Å²) >= 11 is 7.17. The van der Waals surface area contributed by atoms with Crippen LogP contribution in [0.25, 0.3) is 11.3 Å². The summed E-state index contributed by atoms with van der Waals surface area (Å²) in [5.74, 6) is -0.303. The predicted molar refractivity (Wildman–Crippen MR) is 104 cm³/mol. The van der Waals surface area contributed by atoms with Gasteiger partial charge in [0.15, 0.2) is 0 Å². The van der Waals surface area contributed by atoms with Crippen LogP contribution in [0.15, 0.2) is 64.0 Å². The number of thioether (sulfide) groups is 1. The van der Waals surface area contributed by atoms with E-state index in [4.69, 9.17) is 16.1 Å². The summed E-state index contributed by atoms with van der Waals surface area (Å²) in [7, 11) is 0. The number of carbonyl (C=O) groups excluding carboxylic acids is 2. The Morgan fingerprint density at radius 1 is 1.07 bits per heavy atom. The van der Waals surface area contributed by atoms with E-state index in [0.717, 1.165) is 10.5 Å². The molecule has 3 rings (SSSR count). The number of hydrazine groups is 1. The van der Waals surface area contributed by atoms with Gasteiger partial charge >= 0.3 is 0 Å². The molecule has 1 aromatic heterocycles. The van der Waals surface area contributed by atoms with Crippen LogP contribution in [0, 0.1) is 6.92 Å². The number of carbonyl (C=O) groups is 2. The zero-order valence-electron chi connectivity index (χ0n) is 14.4. The molecule has 0 saturated carbocycles. The van der Waals surface area contributed by atoms with Gasteiger partial charge in [-0.15, -0.1) is 11.8 Å². The third-order valence-electron chi connectivity index (χ3n) is 3.64. The normalized spacial score (nSPS) is 10.4. The van der Waals surface area contributed by atoms with Crippen LogP contribution in [0.5, 0.6) is 0 Å². The maximum absolute atomic E-state index is 12.5. The highest BCUT2D eigenvalue weighted by atomic mass is 35.5. The minimum absolute atomic E-state index is 0.149. The van der Waals surface area contributed by atoms with E-state index in [0.29, 0.717) is 16.5 Å². The molecule has 0 unspecified atom stereocenters. The summed E-state index contributed by atoms with van der Waals surface area (Å²) < 4.78 is 5.15. The quantitative estimate of drug-likeness (QED) is 0.501. The van der Waals surface area contributed by atoms with E-state index < -0.39 is 5.91 Å². The third-order valence-corrected chi connectivity index (χ3v) is 4.90. The summed E-state index contributed by atoms with van der Waals surface area (Å²) in [6, 6.07) is 16.4. The van der Waals surface area contributed by atoms with Gasteiger partial charge in [-0.1, -0.05) is 47.1 Å². The molecule has 2 aromatic carbocycles. The average Bonchev–Trinajstić information content (AvgIpc) is 3.08. The maximum atomic E-state index is 12.5. The van der Waals surface area contributed by atoms with Crippen molar-refractivity contribution in [3.05, 3.63) is 70.9 Å². The molecule has 27 heavy (non-hydrogen) atoms. The minimum atomic E-state index is -0.488. The molecule has 0 spiro atoms. The number of nitrogens with one attached hydrogen (secondary N) is 2. The van der Waals surface area contributed by atoms with Gasteiger partial charge in [0, 0.05) is 15.5 Å². The molecule has 2 amide bonds. The molecule has 138 valence electrons. The Morgan fingerprint density at radius 2 is 1.78 bits per heavy atom. The summed E-state index contributed by atoms with van der Waals surface area (Å²) in [5, 5.41) is 4.59. The Balaban J connectivity index is 1.59. The van der Waals surface area contributed by atoms with Crippen molar-refractivity contribution in [1.82, 2.24) is 16.0 Å². The number of amides is 2. The molecule has 6 nitrogen and oxygen atoms in total. The molecule has 0 bridgehead atoms. The molecule has 2 N–H and O–H groups in total. The molecule has 0 atom stereocenters. The molecule has 1 heterocycles. The standard InChI is InChI=1S/C19H16ClN3O3S/c1-12-17(18(23-26-12)13-5-3-2-4-6-13)19(25)22-21-16(24)11-27-15-9-7-14(20)8-10-15/h2-10H,11H2,1H3,(H,21,24)(H,22,25). The van der Waals surface area contributed by atoms with Gasteiger partial charge < -0.3 is 4.52 Å². The molecule has 0 radical (unpaired) electrons. The van der Waals surface area contributed by atoms with Gasteiger partial charge in [0.05, 0.1) is 5.75 Å². The fraction of sp³-hybridized carbons (Fsp3) is 0.105. The van der Waals surface area contributed by atoms with Crippen LogP contribution in [0.2, 0.25) is 5.02 Å². The van der Waals surface area contributed by atoms with E-state index in [2.05, 4.69) is 16.0 Å². The Hall–Kier alpha value is -2.77. The summed E-state index contributed by atoms with van der Waals surface area (Å²) in [6.07, 6.45) is 0. The van der Waals surface area contributed by atoms with Crippen LogP contribution in [0.3, 0.4) is 0 Å². The van der Waals surface area contributed by atoms with E-state index in [9.17, 15) is 9.59 Å². The Kier molecular flexibility index (Phi) is 6.16. The van der Waals surface area contributed by atoms with Crippen molar-refractivity contribution in [2.75, 3.05) is 5.75 Å². The second-order valence-corrected chi connectivity index (χ2v) is 7.06. The zero-order valence-corrected chi connectivity index (χ0v) is 15.9. The molecule has 0 aliphatic carbocycles. The van der Waals surface area contributed by atoms with E-state index in [1.165, 1.54) is 11.8 Å². The molecule has 0 fully saturated rings. The first-order valence-corrected chi connectivity index (χ1v) is 9.40. The number of hydrogen-bond acceptors (Lipinski definition) is 5. The van der Waals surface area contributed by atoms with E-state index in [1.54, 1.807) is 19.1 Å². The molecule has 0 saturated heterocycles. The van der Waals surface area contributed by atoms with Crippen LogP contribution >= 0.6 is 23.4 Å². The van der Waals surface area contributed by atoms with E-state index in [1.807, 2.05) is 42.5 Å². The SMILES string of the molecule is Cc1onc(-c2ccccc2)c1C(=O)NNC(=O)CSc1ccc(Cl)cc1. The number of rotatable bonds is 5. The number of hydrogen-bond donors (Lipinski definition) is 2. The van der Waals surface area contributed by atoms with Crippen LogP contribution in [0.4, 0.5) is 0 Å². The monoisotopic (exact) mass is 401 g/mol. The number of nitrogens with zero attached hydrogens (tertiary/aromatic N) is 1. The van der Waals surface area contributed by atoms with Crippen LogP contribution < -0.4 is 10.9 Å². The first kappa shape index (κ1) is 19.0. The second kappa shape index (κ2) is 8.75. The van der Waals surface area contributed by atoms with Gasteiger partial charge in [0.2, 0.25) is 5.91 Å². The Morgan fingerprint density at radius 3 is 2.48 bits per heavy atom. The lowest BCUT2D eigenvalue weighted by Crippen LogP contribution is -2.42. The zero-order chi connectivity index (χ0) is 19.2. The number of benzene rings is 2. The summed E-state index contributed by atoms with van der Waals surface area (Å²) in [5.41, 5.74) is 6.28. The fourth-order valence-corrected chi connectivity index (χ4v) is 3.16. The molecular weight excluding hydrogens is 386 g/mol. The van der Waals surface area contributed by atoms with Gasteiger partial charge in [-0.25, -0.2) is 0 Å². The summed E-state index contributed by atoms with van der Waals surface area (Å²) in [4.78, 5) is 25.4. The van der Waals surface area contributed by atoms with E-state index in [-0.39, 0.29) is 17.2 Å². The third kappa shape index (κ3) is 4.90. The first-order valence-electron chi connectivity index (χ1n) is 8.04. The second-order valence-electron chi connectivity index (χ2n) is 5.57. The van der Waals surface area contributed by atoms with Crippen LogP contribution in [-0.2, 0) is 4.79 Å². The topological polar surface area (TPSA) is 84.2 Å². The predicted octanol–water partition coefficient (Wildman–Crippen LogP) is 3.86. The highest BCUT2D eigenvalue weighted by Gasteiger charge is 2.21. The molecule has 0 aliphatic heterocycles. The van der Waals surface area contributed by atoms with E-state index >= 15 is 0 Å². The molecule has 3 aromatic rings. The van der Waals surface area contributed by atoms with Crippen LogP contribution in [0.1, 0.15) is 16.1 Å². The van der Waals surface area contributed by atoms with Crippen LogP contribution in [-0.4, -0.2) is 22.7 Å². The Labute approximate surface area is 165 Å². The van der Waals surface area contributed by atoms with Crippen molar-refractivity contribution in [3.63, 3.8) is 0 Å². The number of aromatic nitrogens is 1. The Bertz CT molecular complexity index is 943. The molecular formula is C19H16ClN3O3S. The highest BCUT2D eigenvalue weighted by Crippen LogP contribution is 2.24. The van der Waals surface area contributed by atoms with Gasteiger partial charge in [0.25, 0.3) is 5.91 Å². The summed E-state index contributed by atoms with van der Waals surface area (Å²) in [6.45, 7) is 1.65. The van der Waals surface area contributed by atoms with Gasteiger partial charge in [-0.3, -0.25) is 20.4 Å². The van der Waals surface area contributed by atoms with Crippen molar-refractivity contribution in [2.24, 2.45) is 0 Å². The van der Waals surface area contributed by atoms with Crippen molar-refractivity contribution in [1.29, 1.82) is 0 Å². The van der Waals surface area contributed by atoms with Crippen molar-refractivity contribution < 1.29 is 14.1 Å². The van der Waals surface area contributed by atoms with Crippen molar-refractivity contribution in [2.45, 2.75) is 11.8 Å². The average molecular weight is 402 g/mol. The smallest absolute Gasteiger partial charge is 0.275 e. The van der Waals surface area contributed by atoms with Gasteiger partial charge in [-0.2, -0.15) is 0 Å². The fourth-order valence-electron chi connectivity index (χ4n) is 2.34. The highest BCUT2D eigenvalue weighted by molar-refractivity contribution is 8.00. The first-order chi connectivity index (χ1) is 13.0. The number of aryl methyl sites for hydroxylation is 1. The lowest BCUT2D eigenvalue weighted by molar-refractivity contribution is -0.119. The van der Waals surface area contributed by atoms with Crippen molar-refractivity contribution in [3.8, 4) is 11.3 Å². The molecule has 8 heteroatoms. The lowest BCUT2D eigenvalue weighted by atomic mass is 10.1. The van der Waals surface area contributed by atoms with Gasteiger partial charge in [-0.05, 0) is 31.2 Å². The van der Waals surface area contributed by atoms with Crippen molar-refractivity contribution >= 4 is 35.2 Å². The minimum Gasteiger partial charge on any atom is -0.360 e. The lowest BCUT2D eigenvalue weighted by Gasteiger charge is -2.08. The largest absolute Gasteiger partial charge is 0.360 e. The maximum Gasteiger partial charge on any atom is 0.275 e. The number of halogens is 1.